The second-order valence-electron chi connectivity index (χ2n) is 4.29. The summed E-state index contributed by atoms with van der Waals surface area (Å²) in [6, 6.07) is 0. The fraction of sp³-hybridized carbons (Fsp3) is 0.583. The Balaban J connectivity index is 2.09. The maximum atomic E-state index is 12.2. The first-order valence-electron chi connectivity index (χ1n) is 5.91. The molecule has 0 saturated carbocycles. The van der Waals surface area contributed by atoms with Gasteiger partial charge in [0.15, 0.2) is 0 Å². The van der Waals surface area contributed by atoms with E-state index in [1.165, 1.54) is 6.92 Å². The summed E-state index contributed by atoms with van der Waals surface area (Å²) in [5.74, 6) is -1.26. The molecule has 1 aliphatic carbocycles. The molecule has 0 spiro atoms. The molecule has 2 amide bonds. The summed E-state index contributed by atoms with van der Waals surface area (Å²) in [5.41, 5.74) is 0. The van der Waals surface area contributed by atoms with Gasteiger partial charge in [0.05, 0.1) is 12.5 Å². The van der Waals surface area contributed by atoms with Crippen molar-refractivity contribution in [1.82, 2.24) is 4.90 Å². The highest BCUT2D eigenvalue weighted by atomic mass is 16.6. The van der Waals surface area contributed by atoms with E-state index < -0.39 is 24.1 Å². The lowest BCUT2D eigenvalue weighted by atomic mass is 9.90. The van der Waals surface area contributed by atoms with Gasteiger partial charge in [0, 0.05) is 6.92 Å². The van der Waals surface area contributed by atoms with Gasteiger partial charge in [-0.05, 0) is 18.9 Å². The zero-order valence-corrected chi connectivity index (χ0v) is 10.1. The van der Waals surface area contributed by atoms with Gasteiger partial charge in [-0.25, -0.2) is 9.69 Å². The summed E-state index contributed by atoms with van der Waals surface area (Å²) in [6.07, 6.45) is 3.68. The van der Waals surface area contributed by atoms with Crippen LogP contribution in [0.2, 0.25) is 0 Å². The third kappa shape index (κ3) is 2.52. The number of allylic oxidation sites excluding steroid dienone is 1. The van der Waals surface area contributed by atoms with E-state index in [9.17, 15) is 14.4 Å². The lowest BCUT2D eigenvalue weighted by molar-refractivity contribution is -0.150. The molecule has 98 valence electrons. The number of esters is 1. The first kappa shape index (κ1) is 12.6. The van der Waals surface area contributed by atoms with E-state index in [4.69, 9.17) is 9.47 Å². The second kappa shape index (κ2) is 5.20. The largest absolute Gasteiger partial charge is 0.457 e. The predicted octanol–water partition coefficient (Wildman–Crippen LogP) is 0.863. The molecule has 0 N–H and O–H groups in total. The molecule has 18 heavy (non-hydrogen) atoms. The summed E-state index contributed by atoms with van der Waals surface area (Å²) in [5, 5.41) is 0. The fourth-order valence-electron chi connectivity index (χ4n) is 2.18. The molecular weight excluding hydrogens is 238 g/mol. The first-order chi connectivity index (χ1) is 8.59. The third-order valence-electron chi connectivity index (χ3n) is 3.01. The minimum Gasteiger partial charge on any atom is -0.457 e. The van der Waals surface area contributed by atoms with Crippen LogP contribution in [-0.2, 0) is 19.1 Å². The van der Waals surface area contributed by atoms with Gasteiger partial charge in [0.2, 0.25) is 5.91 Å². The summed E-state index contributed by atoms with van der Waals surface area (Å²) in [4.78, 5) is 35.6. The average Bonchev–Trinajstić information content (AvgIpc) is 2.74. The minimum atomic E-state index is -0.615. The van der Waals surface area contributed by atoms with Gasteiger partial charge in [-0.3, -0.25) is 9.59 Å². The zero-order chi connectivity index (χ0) is 13.1. The number of ether oxygens (including phenoxy) is 2. The SMILES string of the molecule is CC(=O)O[C@H]1C=CCC[C@H]1C(=O)N1CCOC1=O. The number of hydrogen-bond donors (Lipinski definition) is 0. The molecular formula is C12H15NO5. The summed E-state index contributed by atoms with van der Waals surface area (Å²) in [6.45, 7) is 1.80. The quantitative estimate of drug-likeness (QED) is 0.539. The van der Waals surface area contributed by atoms with Crippen LogP contribution in [0.5, 0.6) is 0 Å². The Bertz CT molecular complexity index is 403. The van der Waals surface area contributed by atoms with Crippen LogP contribution in [0, 0.1) is 5.92 Å². The predicted molar refractivity (Wildman–Crippen MR) is 60.5 cm³/mol. The first-order valence-corrected chi connectivity index (χ1v) is 5.91. The number of carbonyl (C=O) groups excluding carboxylic acids is 3. The average molecular weight is 253 g/mol. The van der Waals surface area contributed by atoms with Gasteiger partial charge in [-0.2, -0.15) is 0 Å². The summed E-state index contributed by atoms with van der Waals surface area (Å²) in [7, 11) is 0. The van der Waals surface area contributed by atoms with Gasteiger partial charge in [0.25, 0.3) is 0 Å². The molecule has 0 radical (unpaired) electrons. The highest BCUT2D eigenvalue weighted by molar-refractivity contribution is 5.94. The molecule has 0 aromatic carbocycles. The number of cyclic esters (lactones) is 1. The molecule has 0 aromatic rings. The molecule has 6 heteroatoms. The summed E-state index contributed by atoms with van der Waals surface area (Å²) >= 11 is 0. The number of hydrogen-bond acceptors (Lipinski definition) is 5. The van der Waals surface area contributed by atoms with Gasteiger partial charge >= 0.3 is 12.1 Å². The van der Waals surface area contributed by atoms with Crippen LogP contribution in [0.15, 0.2) is 12.2 Å². The number of carbonyl (C=O) groups is 3. The Morgan fingerprint density at radius 2 is 2.28 bits per heavy atom. The van der Waals surface area contributed by atoms with Crippen molar-refractivity contribution in [2.45, 2.75) is 25.9 Å². The molecule has 2 atom stereocenters. The van der Waals surface area contributed by atoms with Gasteiger partial charge < -0.3 is 9.47 Å². The molecule has 2 rings (SSSR count). The monoisotopic (exact) mass is 253 g/mol. The molecule has 1 saturated heterocycles. The van der Waals surface area contributed by atoms with Crippen LogP contribution < -0.4 is 0 Å². The molecule has 1 heterocycles. The van der Waals surface area contributed by atoms with Crippen molar-refractivity contribution in [3.05, 3.63) is 12.2 Å². The normalized spacial score (nSPS) is 26.9. The highest BCUT2D eigenvalue weighted by Crippen LogP contribution is 2.25. The molecule has 0 bridgehead atoms. The van der Waals surface area contributed by atoms with E-state index in [-0.39, 0.29) is 19.1 Å². The van der Waals surface area contributed by atoms with Crippen molar-refractivity contribution in [3.63, 3.8) is 0 Å². The molecule has 1 fully saturated rings. The van der Waals surface area contributed by atoms with Crippen molar-refractivity contribution < 1.29 is 23.9 Å². The lowest BCUT2D eigenvalue weighted by Crippen LogP contribution is -2.43. The van der Waals surface area contributed by atoms with Gasteiger partial charge in [0.1, 0.15) is 12.7 Å². The fourth-order valence-corrected chi connectivity index (χ4v) is 2.18. The Morgan fingerprint density at radius 3 is 2.89 bits per heavy atom. The van der Waals surface area contributed by atoms with Crippen molar-refractivity contribution in [3.8, 4) is 0 Å². The summed E-state index contributed by atoms with van der Waals surface area (Å²) < 4.78 is 9.83. The Labute approximate surface area is 105 Å². The van der Waals surface area contributed by atoms with Crippen LogP contribution in [0.4, 0.5) is 4.79 Å². The molecule has 0 unspecified atom stereocenters. The van der Waals surface area contributed by atoms with E-state index in [1.54, 1.807) is 6.08 Å². The van der Waals surface area contributed by atoms with E-state index in [2.05, 4.69) is 0 Å². The van der Waals surface area contributed by atoms with Crippen molar-refractivity contribution in [2.24, 2.45) is 5.92 Å². The maximum absolute atomic E-state index is 12.2. The van der Waals surface area contributed by atoms with Crippen molar-refractivity contribution >= 4 is 18.0 Å². The molecule has 1 aliphatic heterocycles. The van der Waals surface area contributed by atoms with Crippen LogP contribution in [0.1, 0.15) is 19.8 Å². The lowest BCUT2D eigenvalue weighted by Gasteiger charge is -2.27. The van der Waals surface area contributed by atoms with Gasteiger partial charge in [-0.15, -0.1) is 0 Å². The number of rotatable bonds is 2. The topological polar surface area (TPSA) is 72.9 Å². The van der Waals surface area contributed by atoms with Crippen molar-refractivity contribution in [1.29, 1.82) is 0 Å². The van der Waals surface area contributed by atoms with E-state index in [1.807, 2.05) is 6.08 Å². The van der Waals surface area contributed by atoms with Crippen molar-refractivity contribution in [2.75, 3.05) is 13.2 Å². The van der Waals surface area contributed by atoms with E-state index in [0.717, 1.165) is 11.3 Å². The van der Waals surface area contributed by atoms with Crippen LogP contribution in [-0.4, -0.2) is 42.1 Å². The van der Waals surface area contributed by atoms with Gasteiger partial charge in [-0.1, -0.05) is 6.08 Å². The van der Waals surface area contributed by atoms with Crippen LogP contribution >= 0.6 is 0 Å². The molecule has 0 aromatic heterocycles. The second-order valence-corrected chi connectivity index (χ2v) is 4.29. The third-order valence-corrected chi connectivity index (χ3v) is 3.01. The number of imide groups is 1. The Morgan fingerprint density at radius 1 is 1.50 bits per heavy atom. The Kier molecular flexibility index (Phi) is 3.64. The standard InChI is InChI=1S/C12H15NO5/c1-8(14)18-10-5-3-2-4-9(10)11(15)13-6-7-17-12(13)16/h3,5,9-10H,2,4,6-7H2,1H3/t9-,10+/m1/s1. The zero-order valence-electron chi connectivity index (χ0n) is 10.1. The highest BCUT2D eigenvalue weighted by Gasteiger charge is 2.38. The molecule has 2 aliphatic rings. The number of nitrogens with zero attached hydrogens (tertiary/aromatic N) is 1. The molecule has 6 nitrogen and oxygen atoms in total. The number of amides is 2. The Hall–Kier alpha value is -1.85. The van der Waals surface area contributed by atoms with E-state index >= 15 is 0 Å². The minimum absolute atomic E-state index is 0.228. The van der Waals surface area contributed by atoms with Crippen LogP contribution in [0.25, 0.3) is 0 Å². The van der Waals surface area contributed by atoms with E-state index in [0.29, 0.717) is 6.42 Å². The smallest absolute Gasteiger partial charge is 0.416 e. The maximum Gasteiger partial charge on any atom is 0.416 e. The van der Waals surface area contributed by atoms with Crippen LogP contribution in [0.3, 0.4) is 0 Å².